The van der Waals surface area contributed by atoms with Gasteiger partial charge in [-0.2, -0.15) is 0 Å². The van der Waals surface area contributed by atoms with Crippen LogP contribution < -0.4 is 10.6 Å². The van der Waals surface area contributed by atoms with Gasteiger partial charge in [0.25, 0.3) is 5.91 Å². The molecule has 0 saturated heterocycles. The highest BCUT2D eigenvalue weighted by Crippen LogP contribution is 2.17. The van der Waals surface area contributed by atoms with E-state index in [2.05, 4.69) is 26.6 Å². The van der Waals surface area contributed by atoms with Crippen LogP contribution >= 0.6 is 15.9 Å². The predicted molar refractivity (Wildman–Crippen MR) is 99.5 cm³/mol. The smallest absolute Gasteiger partial charge is 0.291 e. The Bertz CT molecular complexity index is 921. The zero-order chi connectivity index (χ0) is 18.5. The third kappa shape index (κ3) is 4.80. The Kier molecular flexibility index (Phi) is 5.48. The van der Waals surface area contributed by atoms with Crippen molar-refractivity contribution in [2.75, 3.05) is 10.6 Å². The molecule has 26 heavy (non-hydrogen) atoms. The van der Waals surface area contributed by atoms with E-state index in [0.717, 1.165) is 5.56 Å². The van der Waals surface area contributed by atoms with Crippen LogP contribution in [-0.4, -0.2) is 11.8 Å². The van der Waals surface area contributed by atoms with Gasteiger partial charge in [0, 0.05) is 11.4 Å². The molecule has 0 fully saturated rings. The van der Waals surface area contributed by atoms with Gasteiger partial charge in [0.1, 0.15) is 5.82 Å². The van der Waals surface area contributed by atoms with Crippen LogP contribution in [0.5, 0.6) is 0 Å². The molecular formula is C19H14BrFN2O3. The van der Waals surface area contributed by atoms with Gasteiger partial charge >= 0.3 is 0 Å². The van der Waals surface area contributed by atoms with Crippen LogP contribution in [0.2, 0.25) is 0 Å². The van der Waals surface area contributed by atoms with Gasteiger partial charge in [-0.05, 0) is 70.0 Å². The summed E-state index contributed by atoms with van der Waals surface area (Å²) in [6.45, 7) is 0. The zero-order valence-corrected chi connectivity index (χ0v) is 15.0. The van der Waals surface area contributed by atoms with Crippen molar-refractivity contribution < 1.29 is 18.4 Å². The Hall–Kier alpha value is -2.93. The van der Waals surface area contributed by atoms with Crippen molar-refractivity contribution in [1.29, 1.82) is 0 Å². The highest BCUT2D eigenvalue weighted by molar-refractivity contribution is 9.10. The number of halogens is 2. The number of furan rings is 1. The van der Waals surface area contributed by atoms with Crippen LogP contribution in [0.25, 0.3) is 0 Å². The van der Waals surface area contributed by atoms with Gasteiger partial charge in [0.15, 0.2) is 10.4 Å². The van der Waals surface area contributed by atoms with Crippen molar-refractivity contribution in [2.24, 2.45) is 0 Å². The first-order chi connectivity index (χ1) is 12.5. The summed E-state index contributed by atoms with van der Waals surface area (Å²) in [5.41, 5.74) is 1.90. The Morgan fingerprint density at radius 1 is 0.885 bits per heavy atom. The molecule has 0 atom stereocenters. The van der Waals surface area contributed by atoms with Crippen molar-refractivity contribution in [3.63, 3.8) is 0 Å². The van der Waals surface area contributed by atoms with Crippen LogP contribution in [0.1, 0.15) is 16.1 Å². The average molecular weight is 417 g/mol. The van der Waals surface area contributed by atoms with E-state index in [1.165, 1.54) is 24.3 Å². The largest absolute Gasteiger partial charge is 0.444 e. The molecule has 132 valence electrons. The fourth-order valence-corrected chi connectivity index (χ4v) is 2.57. The van der Waals surface area contributed by atoms with E-state index in [-0.39, 0.29) is 29.8 Å². The molecule has 0 bridgehead atoms. The first-order valence-corrected chi connectivity index (χ1v) is 8.50. The van der Waals surface area contributed by atoms with Gasteiger partial charge < -0.3 is 15.1 Å². The molecule has 1 aromatic heterocycles. The van der Waals surface area contributed by atoms with Crippen molar-refractivity contribution in [2.45, 2.75) is 6.42 Å². The minimum absolute atomic E-state index is 0.163. The zero-order valence-electron chi connectivity index (χ0n) is 13.5. The van der Waals surface area contributed by atoms with Crippen molar-refractivity contribution in [1.82, 2.24) is 0 Å². The van der Waals surface area contributed by atoms with Gasteiger partial charge in [0.2, 0.25) is 5.91 Å². The fraction of sp³-hybridized carbons (Fsp3) is 0.0526. The van der Waals surface area contributed by atoms with E-state index >= 15 is 0 Å². The van der Waals surface area contributed by atoms with Crippen molar-refractivity contribution >= 4 is 39.1 Å². The molecule has 2 N–H and O–H groups in total. The monoisotopic (exact) mass is 416 g/mol. The molecule has 3 rings (SSSR count). The number of carbonyl (C=O) groups is 2. The van der Waals surface area contributed by atoms with E-state index in [1.807, 2.05) is 0 Å². The number of amides is 2. The molecule has 5 nitrogen and oxygen atoms in total. The predicted octanol–water partition coefficient (Wildman–Crippen LogP) is 4.61. The van der Waals surface area contributed by atoms with Gasteiger partial charge in [-0.3, -0.25) is 9.59 Å². The van der Waals surface area contributed by atoms with Crippen molar-refractivity contribution in [3.05, 3.63) is 82.5 Å². The number of hydrogen-bond acceptors (Lipinski definition) is 3. The first-order valence-electron chi connectivity index (χ1n) is 7.70. The van der Waals surface area contributed by atoms with Gasteiger partial charge in [0.05, 0.1) is 6.42 Å². The lowest BCUT2D eigenvalue weighted by atomic mass is 10.1. The van der Waals surface area contributed by atoms with Gasteiger partial charge in [-0.25, -0.2) is 4.39 Å². The Morgan fingerprint density at radius 2 is 1.50 bits per heavy atom. The topological polar surface area (TPSA) is 71.3 Å². The average Bonchev–Trinajstić information content (AvgIpc) is 3.05. The standard InChI is InChI=1S/C19H14BrFN2O3/c20-17-10-9-16(26-17)19(25)23-15-5-1-12(2-6-15)11-18(24)22-14-7-3-13(21)4-8-14/h1-10H,11H2,(H,22,24)(H,23,25). The second kappa shape index (κ2) is 7.97. The van der Waals surface area contributed by atoms with Crippen LogP contribution in [0.4, 0.5) is 15.8 Å². The highest BCUT2D eigenvalue weighted by atomic mass is 79.9. The van der Waals surface area contributed by atoms with E-state index in [4.69, 9.17) is 4.42 Å². The molecule has 2 amide bonds. The Balaban J connectivity index is 1.56. The first kappa shape index (κ1) is 17.9. The molecule has 2 aromatic carbocycles. The third-order valence-corrected chi connectivity index (χ3v) is 3.93. The lowest BCUT2D eigenvalue weighted by Gasteiger charge is -2.07. The fourth-order valence-electron chi connectivity index (χ4n) is 2.26. The lowest BCUT2D eigenvalue weighted by Crippen LogP contribution is -2.14. The van der Waals surface area contributed by atoms with E-state index in [9.17, 15) is 14.0 Å². The number of anilines is 2. The SMILES string of the molecule is O=C(Cc1ccc(NC(=O)c2ccc(Br)o2)cc1)Nc1ccc(F)cc1. The maximum Gasteiger partial charge on any atom is 0.291 e. The van der Waals surface area contributed by atoms with Crippen molar-refractivity contribution in [3.8, 4) is 0 Å². The number of hydrogen-bond donors (Lipinski definition) is 2. The summed E-state index contributed by atoms with van der Waals surface area (Å²) in [7, 11) is 0. The molecule has 0 aliphatic carbocycles. The summed E-state index contributed by atoms with van der Waals surface area (Å²) in [6.07, 6.45) is 0.163. The van der Waals surface area contributed by atoms with Crippen LogP contribution in [0, 0.1) is 5.82 Å². The molecule has 0 spiro atoms. The van der Waals surface area contributed by atoms with E-state index in [1.54, 1.807) is 36.4 Å². The minimum atomic E-state index is -0.363. The number of carbonyl (C=O) groups excluding carboxylic acids is 2. The molecular weight excluding hydrogens is 403 g/mol. The minimum Gasteiger partial charge on any atom is -0.444 e. The van der Waals surface area contributed by atoms with E-state index in [0.29, 0.717) is 16.0 Å². The Morgan fingerprint density at radius 3 is 2.12 bits per heavy atom. The molecule has 7 heteroatoms. The maximum absolute atomic E-state index is 12.9. The third-order valence-electron chi connectivity index (χ3n) is 3.50. The summed E-state index contributed by atoms with van der Waals surface area (Å²) in [6, 6.07) is 15.7. The summed E-state index contributed by atoms with van der Waals surface area (Å²) in [5, 5.41) is 5.40. The lowest BCUT2D eigenvalue weighted by molar-refractivity contribution is -0.115. The van der Waals surface area contributed by atoms with Crippen LogP contribution in [0.15, 0.2) is 69.8 Å². The molecule has 3 aromatic rings. The maximum atomic E-state index is 12.9. The van der Waals surface area contributed by atoms with Crippen LogP contribution in [0.3, 0.4) is 0 Å². The number of nitrogens with one attached hydrogen (secondary N) is 2. The summed E-state index contributed by atoms with van der Waals surface area (Å²) in [5.74, 6) is -0.742. The van der Waals surface area contributed by atoms with Crippen LogP contribution in [-0.2, 0) is 11.2 Å². The second-order valence-corrected chi connectivity index (χ2v) is 6.27. The molecule has 0 aliphatic heterocycles. The second-order valence-electron chi connectivity index (χ2n) is 5.49. The summed E-state index contributed by atoms with van der Waals surface area (Å²) < 4.78 is 18.5. The molecule has 0 radical (unpaired) electrons. The summed E-state index contributed by atoms with van der Waals surface area (Å²) >= 11 is 3.14. The number of benzene rings is 2. The quantitative estimate of drug-likeness (QED) is 0.637. The molecule has 0 unspecified atom stereocenters. The highest BCUT2D eigenvalue weighted by Gasteiger charge is 2.11. The molecule has 0 saturated carbocycles. The molecule has 0 aliphatic rings. The molecule has 1 heterocycles. The normalized spacial score (nSPS) is 10.4. The van der Waals surface area contributed by atoms with Gasteiger partial charge in [-0.15, -0.1) is 0 Å². The van der Waals surface area contributed by atoms with Gasteiger partial charge in [-0.1, -0.05) is 12.1 Å². The van der Waals surface area contributed by atoms with E-state index < -0.39 is 0 Å². The number of rotatable bonds is 5. The Labute approximate surface area is 157 Å². The summed E-state index contributed by atoms with van der Waals surface area (Å²) in [4.78, 5) is 24.0.